The molecule has 1 aromatic carbocycles. The molecule has 0 aromatic heterocycles. The van der Waals surface area contributed by atoms with Crippen LogP contribution in [-0.2, 0) is 14.9 Å². The Labute approximate surface area is 156 Å². The predicted octanol–water partition coefficient (Wildman–Crippen LogP) is 2.05. The number of fused-ring (bicyclic) bond motifs is 2. The molecule has 1 spiro atoms. The Kier molecular flexibility index (Phi) is 6.14. The molecule has 0 radical (unpaired) electrons. The van der Waals surface area contributed by atoms with Crippen LogP contribution in [0.15, 0.2) is 29.3 Å². The minimum atomic E-state index is -0.0829. The van der Waals surface area contributed by atoms with Crippen molar-refractivity contribution in [2.45, 2.75) is 38.0 Å². The van der Waals surface area contributed by atoms with Gasteiger partial charge in [0.1, 0.15) is 6.54 Å². The Hall–Kier alpha value is -2.08. The van der Waals surface area contributed by atoms with E-state index in [4.69, 9.17) is 4.74 Å². The molecule has 6 heteroatoms. The van der Waals surface area contributed by atoms with Crippen LogP contribution in [-0.4, -0.2) is 51.8 Å². The first kappa shape index (κ1) is 18.7. The van der Waals surface area contributed by atoms with Crippen molar-refractivity contribution in [3.05, 3.63) is 29.8 Å². The largest absolute Gasteiger partial charge is 0.383 e. The van der Waals surface area contributed by atoms with E-state index in [1.165, 1.54) is 36.9 Å². The fourth-order valence-electron chi connectivity index (χ4n) is 4.19. The van der Waals surface area contributed by atoms with E-state index >= 15 is 0 Å². The molecule has 2 aliphatic rings. The van der Waals surface area contributed by atoms with Crippen LogP contribution in [0.25, 0.3) is 0 Å². The van der Waals surface area contributed by atoms with Crippen LogP contribution in [0.3, 0.4) is 0 Å². The number of ether oxygens (including phenoxy) is 1. The van der Waals surface area contributed by atoms with Gasteiger partial charge in [0.05, 0.1) is 6.61 Å². The topological polar surface area (TPSA) is 66.0 Å². The van der Waals surface area contributed by atoms with Gasteiger partial charge in [-0.3, -0.25) is 4.79 Å². The smallest absolute Gasteiger partial charge is 0.241 e. The van der Waals surface area contributed by atoms with Crippen molar-refractivity contribution in [3.8, 4) is 0 Å². The third-order valence-corrected chi connectivity index (χ3v) is 5.38. The summed E-state index contributed by atoms with van der Waals surface area (Å²) in [4.78, 5) is 18.9. The SMILES string of the molecule is CCNC(=NCC(=O)NCCOC)N1CC2(CCCC2)c2ccccc21. The van der Waals surface area contributed by atoms with Crippen molar-refractivity contribution in [1.29, 1.82) is 0 Å². The normalized spacial score (nSPS) is 18.2. The van der Waals surface area contributed by atoms with Gasteiger partial charge in [0.25, 0.3) is 0 Å². The van der Waals surface area contributed by atoms with E-state index in [0.717, 1.165) is 19.0 Å². The average Bonchev–Trinajstić information content (AvgIpc) is 3.25. The van der Waals surface area contributed by atoms with Gasteiger partial charge in [-0.05, 0) is 31.4 Å². The van der Waals surface area contributed by atoms with Crippen LogP contribution in [0.2, 0.25) is 0 Å². The number of rotatable bonds is 6. The highest BCUT2D eigenvalue weighted by Crippen LogP contribution is 2.50. The highest BCUT2D eigenvalue weighted by atomic mass is 16.5. The van der Waals surface area contributed by atoms with Crippen LogP contribution < -0.4 is 15.5 Å². The monoisotopic (exact) mass is 358 g/mol. The quantitative estimate of drug-likeness (QED) is 0.464. The van der Waals surface area contributed by atoms with Gasteiger partial charge in [-0.1, -0.05) is 31.0 Å². The number of aliphatic imine (C=N–C) groups is 1. The standard InChI is InChI=1S/C20H30N4O2/c1-3-21-19(23-14-18(25)22-12-13-26-2)24-15-20(10-6-7-11-20)16-8-4-5-9-17(16)24/h4-5,8-9H,3,6-7,10-15H2,1-2H3,(H,21,23)(H,22,25). The van der Waals surface area contributed by atoms with Crippen molar-refractivity contribution in [1.82, 2.24) is 10.6 Å². The number of hydrogen-bond acceptors (Lipinski definition) is 3. The van der Waals surface area contributed by atoms with E-state index in [-0.39, 0.29) is 17.9 Å². The van der Waals surface area contributed by atoms with Crippen LogP contribution in [0.5, 0.6) is 0 Å². The van der Waals surface area contributed by atoms with Gasteiger partial charge in [-0.2, -0.15) is 0 Å². The zero-order valence-electron chi connectivity index (χ0n) is 15.9. The van der Waals surface area contributed by atoms with E-state index < -0.39 is 0 Å². The maximum atomic E-state index is 12.0. The number of benzene rings is 1. The molecule has 3 rings (SSSR count). The van der Waals surface area contributed by atoms with Crippen molar-refractivity contribution in [3.63, 3.8) is 0 Å². The van der Waals surface area contributed by atoms with Crippen LogP contribution >= 0.6 is 0 Å². The van der Waals surface area contributed by atoms with Crippen molar-refractivity contribution in [2.24, 2.45) is 4.99 Å². The number of carbonyl (C=O) groups excluding carboxylic acids is 1. The lowest BCUT2D eigenvalue weighted by atomic mass is 9.81. The summed E-state index contributed by atoms with van der Waals surface area (Å²) < 4.78 is 4.96. The number of amides is 1. The second-order valence-corrected chi connectivity index (χ2v) is 7.10. The van der Waals surface area contributed by atoms with Crippen molar-refractivity contribution < 1.29 is 9.53 Å². The number of nitrogens with zero attached hydrogens (tertiary/aromatic N) is 2. The van der Waals surface area contributed by atoms with Gasteiger partial charge in [0.2, 0.25) is 5.91 Å². The Morgan fingerprint density at radius 1 is 1.27 bits per heavy atom. The van der Waals surface area contributed by atoms with Crippen LogP contribution in [0, 0.1) is 0 Å². The zero-order chi connectivity index (χ0) is 18.4. The first-order valence-electron chi connectivity index (χ1n) is 9.61. The summed E-state index contributed by atoms with van der Waals surface area (Å²) in [6.45, 7) is 4.92. The van der Waals surface area contributed by atoms with Gasteiger partial charge >= 0.3 is 0 Å². The second-order valence-electron chi connectivity index (χ2n) is 7.10. The second kappa shape index (κ2) is 8.54. The molecule has 1 heterocycles. The predicted molar refractivity (Wildman–Crippen MR) is 105 cm³/mol. The van der Waals surface area contributed by atoms with Gasteiger partial charge < -0.3 is 20.3 Å². The Morgan fingerprint density at radius 3 is 2.77 bits per heavy atom. The molecule has 1 amide bonds. The Morgan fingerprint density at radius 2 is 2.04 bits per heavy atom. The van der Waals surface area contributed by atoms with Crippen LogP contribution in [0.1, 0.15) is 38.2 Å². The molecule has 1 aromatic rings. The number of nitrogens with one attached hydrogen (secondary N) is 2. The lowest BCUT2D eigenvalue weighted by Gasteiger charge is -2.26. The molecule has 0 bridgehead atoms. The molecule has 1 saturated carbocycles. The molecule has 0 atom stereocenters. The van der Waals surface area contributed by atoms with E-state index in [0.29, 0.717) is 13.2 Å². The number of carbonyl (C=O) groups is 1. The number of guanidine groups is 1. The first-order valence-corrected chi connectivity index (χ1v) is 9.61. The molecule has 0 saturated heterocycles. The Bertz CT molecular complexity index is 653. The van der Waals surface area contributed by atoms with Gasteiger partial charge in [-0.15, -0.1) is 0 Å². The fourth-order valence-corrected chi connectivity index (χ4v) is 4.19. The Balaban J connectivity index is 1.78. The van der Waals surface area contributed by atoms with Crippen LogP contribution in [0.4, 0.5) is 5.69 Å². The maximum Gasteiger partial charge on any atom is 0.241 e. The summed E-state index contributed by atoms with van der Waals surface area (Å²) in [7, 11) is 1.62. The van der Waals surface area contributed by atoms with Gasteiger partial charge in [0.15, 0.2) is 5.96 Å². The van der Waals surface area contributed by atoms with Gasteiger partial charge in [-0.25, -0.2) is 4.99 Å². The summed E-state index contributed by atoms with van der Waals surface area (Å²) in [6.07, 6.45) is 5.05. The minimum absolute atomic E-state index is 0.0829. The number of hydrogen-bond donors (Lipinski definition) is 2. The van der Waals surface area contributed by atoms with Gasteiger partial charge in [0, 0.05) is 37.8 Å². The van der Waals surface area contributed by atoms with Crippen molar-refractivity contribution in [2.75, 3.05) is 44.8 Å². The third-order valence-electron chi connectivity index (χ3n) is 5.38. The fraction of sp³-hybridized carbons (Fsp3) is 0.600. The summed E-state index contributed by atoms with van der Waals surface area (Å²) in [5.41, 5.74) is 2.91. The summed E-state index contributed by atoms with van der Waals surface area (Å²) >= 11 is 0. The zero-order valence-corrected chi connectivity index (χ0v) is 15.9. The first-order chi connectivity index (χ1) is 12.7. The number of methoxy groups -OCH3 is 1. The molecule has 2 N–H and O–H groups in total. The van der Waals surface area contributed by atoms with E-state index in [1.54, 1.807) is 7.11 Å². The molecule has 1 aliphatic carbocycles. The molecule has 26 heavy (non-hydrogen) atoms. The molecule has 142 valence electrons. The van der Waals surface area contributed by atoms with E-state index in [2.05, 4.69) is 51.7 Å². The lowest BCUT2D eigenvalue weighted by molar-refractivity contribution is -0.119. The molecule has 1 fully saturated rings. The van der Waals surface area contributed by atoms with Crippen molar-refractivity contribution >= 4 is 17.6 Å². The summed E-state index contributed by atoms with van der Waals surface area (Å²) in [5, 5.41) is 6.19. The minimum Gasteiger partial charge on any atom is -0.383 e. The maximum absolute atomic E-state index is 12.0. The number of anilines is 1. The van der Waals surface area contributed by atoms with E-state index in [1.807, 2.05) is 0 Å². The lowest BCUT2D eigenvalue weighted by Crippen LogP contribution is -2.44. The number of para-hydroxylation sites is 1. The summed E-state index contributed by atoms with van der Waals surface area (Å²) in [6, 6.07) is 8.66. The van der Waals surface area contributed by atoms with E-state index in [9.17, 15) is 4.79 Å². The molecule has 0 unspecified atom stereocenters. The molecule has 6 nitrogen and oxygen atoms in total. The molecular weight excluding hydrogens is 328 g/mol. The highest BCUT2D eigenvalue weighted by molar-refractivity contribution is 5.99. The highest BCUT2D eigenvalue weighted by Gasteiger charge is 2.45. The molecular formula is C20H30N4O2. The molecule has 1 aliphatic heterocycles. The summed E-state index contributed by atoms with van der Waals surface area (Å²) in [5.74, 6) is 0.714. The third kappa shape index (κ3) is 3.85. The average molecular weight is 358 g/mol.